The zero-order valence-corrected chi connectivity index (χ0v) is 18.8. The molecule has 1 heterocycles. The van der Waals surface area contributed by atoms with Gasteiger partial charge in [-0.25, -0.2) is 9.29 Å². The summed E-state index contributed by atoms with van der Waals surface area (Å²) in [5, 5.41) is 3.34. The predicted molar refractivity (Wildman–Crippen MR) is 125 cm³/mol. The number of methoxy groups -OCH3 is 1. The van der Waals surface area contributed by atoms with Crippen LogP contribution in [-0.4, -0.2) is 18.9 Å². The van der Waals surface area contributed by atoms with E-state index < -0.39 is 17.6 Å². The van der Waals surface area contributed by atoms with Crippen LogP contribution in [0.5, 0.6) is 5.75 Å². The van der Waals surface area contributed by atoms with Crippen molar-refractivity contribution < 1.29 is 18.7 Å². The van der Waals surface area contributed by atoms with Gasteiger partial charge in [-0.1, -0.05) is 41.1 Å². The Morgan fingerprint density at radius 3 is 2.31 bits per heavy atom. The lowest BCUT2D eigenvalue weighted by atomic mass is 10.2. The number of hydrogen-bond donors (Lipinski definition) is 1. The van der Waals surface area contributed by atoms with Gasteiger partial charge in [0.05, 0.1) is 12.8 Å². The Hall–Kier alpha value is -3.29. The number of thioether (sulfide) groups is 1. The molecular formula is C24H18ClFN2O3S. The minimum absolute atomic E-state index is 0.0919. The van der Waals surface area contributed by atoms with E-state index in [1.165, 1.54) is 49.2 Å². The standard InChI is InChI=1S/C24H18ClFN2O3S/c1-14-3-10-18(11-4-14)32-22-21(27-17-8-6-16(26)7-9-17)23(29)28(24(22)30)19-13-15(25)5-12-20(19)31-2/h3-13,27H,1-2H3. The van der Waals surface area contributed by atoms with Gasteiger partial charge in [-0.2, -0.15) is 0 Å². The highest BCUT2D eigenvalue weighted by atomic mass is 35.5. The molecule has 2 amide bonds. The molecule has 0 saturated carbocycles. The Morgan fingerprint density at radius 2 is 1.66 bits per heavy atom. The molecule has 0 unspecified atom stereocenters. The minimum Gasteiger partial charge on any atom is -0.495 e. The van der Waals surface area contributed by atoms with E-state index in [-0.39, 0.29) is 16.3 Å². The Bertz CT molecular complexity index is 1160. The highest BCUT2D eigenvalue weighted by Crippen LogP contribution is 2.41. The van der Waals surface area contributed by atoms with E-state index in [1.54, 1.807) is 12.1 Å². The molecular weight excluding hydrogens is 451 g/mol. The Balaban J connectivity index is 1.78. The maximum atomic E-state index is 13.4. The summed E-state index contributed by atoms with van der Waals surface area (Å²) >= 11 is 7.31. The summed E-state index contributed by atoms with van der Waals surface area (Å²) in [5.74, 6) is -1.14. The van der Waals surface area contributed by atoms with Crippen LogP contribution < -0.4 is 15.0 Å². The number of benzene rings is 3. The van der Waals surface area contributed by atoms with Gasteiger partial charge in [0, 0.05) is 15.6 Å². The molecule has 0 atom stereocenters. The monoisotopic (exact) mass is 468 g/mol. The van der Waals surface area contributed by atoms with Gasteiger partial charge in [0.25, 0.3) is 11.8 Å². The number of rotatable bonds is 6. The molecule has 1 N–H and O–H groups in total. The fraction of sp³-hybridized carbons (Fsp3) is 0.0833. The van der Waals surface area contributed by atoms with Crippen LogP contribution in [0.25, 0.3) is 0 Å². The lowest BCUT2D eigenvalue weighted by Gasteiger charge is -2.18. The number of nitrogens with one attached hydrogen (secondary N) is 1. The van der Waals surface area contributed by atoms with Crippen LogP contribution in [0.3, 0.4) is 0 Å². The van der Waals surface area contributed by atoms with Crippen LogP contribution in [0.15, 0.2) is 82.2 Å². The van der Waals surface area contributed by atoms with E-state index in [1.807, 2.05) is 31.2 Å². The van der Waals surface area contributed by atoms with E-state index in [2.05, 4.69) is 5.32 Å². The lowest BCUT2D eigenvalue weighted by molar-refractivity contribution is -0.120. The Kier molecular flexibility index (Phi) is 6.21. The molecule has 162 valence electrons. The highest BCUT2D eigenvalue weighted by molar-refractivity contribution is 8.04. The first-order valence-corrected chi connectivity index (χ1v) is 10.8. The molecule has 0 fully saturated rings. The van der Waals surface area contributed by atoms with Gasteiger partial charge in [0.2, 0.25) is 0 Å². The summed E-state index contributed by atoms with van der Waals surface area (Å²) in [5.41, 5.74) is 1.89. The topological polar surface area (TPSA) is 58.6 Å². The highest BCUT2D eigenvalue weighted by Gasteiger charge is 2.41. The molecule has 0 aliphatic carbocycles. The van der Waals surface area contributed by atoms with Crippen molar-refractivity contribution in [3.8, 4) is 5.75 Å². The average molecular weight is 469 g/mol. The summed E-state index contributed by atoms with van der Waals surface area (Å²) < 4.78 is 18.7. The molecule has 1 aliphatic rings. The van der Waals surface area contributed by atoms with Gasteiger partial charge in [0.1, 0.15) is 22.2 Å². The number of aryl methyl sites for hydroxylation is 1. The van der Waals surface area contributed by atoms with Crippen LogP contribution in [-0.2, 0) is 9.59 Å². The molecule has 0 radical (unpaired) electrons. The predicted octanol–water partition coefficient (Wildman–Crippen LogP) is 5.79. The summed E-state index contributed by atoms with van der Waals surface area (Å²) in [6, 6.07) is 17.9. The maximum Gasteiger partial charge on any atom is 0.283 e. The van der Waals surface area contributed by atoms with Crippen LogP contribution in [0.1, 0.15) is 5.56 Å². The Morgan fingerprint density at radius 1 is 0.969 bits per heavy atom. The number of ether oxygens (including phenoxy) is 1. The third-order valence-corrected chi connectivity index (χ3v) is 6.10. The first kappa shape index (κ1) is 21.9. The second-order valence-corrected chi connectivity index (χ2v) is 8.53. The lowest BCUT2D eigenvalue weighted by Crippen LogP contribution is -2.32. The number of halogens is 2. The summed E-state index contributed by atoms with van der Waals surface area (Å²) in [6.45, 7) is 1.96. The van der Waals surface area contributed by atoms with Crippen molar-refractivity contribution in [2.45, 2.75) is 11.8 Å². The van der Waals surface area contributed by atoms with Gasteiger partial charge in [0.15, 0.2) is 0 Å². The molecule has 1 aliphatic heterocycles. The first-order chi connectivity index (χ1) is 15.4. The number of carbonyl (C=O) groups excluding carboxylic acids is 2. The Labute approximate surface area is 193 Å². The number of anilines is 2. The van der Waals surface area contributed by atoms with E-state index in [0.29, 0.717) is 16.5 Å². The smallest absolute Gasteiger partial charge is 0.283 e. The zero-order valence-electron chi connectivity index (χ0n) is 17.2. The molecule has 8 heteroatoms. The fourth-order valence-corrected chi connectivity index (χ4v) is 4.27. The minimum atomic E-state index is -0.561. The molecule has 0 spiro atoms. The van der Waals surface area contributed by atoms with Crippen molar-refractivity contribution in [3.05, 3.63) is 93.7 Å². The van der Waals surface area contributed by atoms with Crippen molar-refractivity contribution in [1.82, 2.24) is 0 Å². The molecule has 5 nitrogen and oxygen atoms in total. The number of amides is 2. The zero-order chi connectivity index (χ0) is 22.8. The number of carbonyl (C=O) groups is 2. The van der Waals surface area contributed by atoms with E-state index in [0.717, 1.165) is 15.4 Å². The van der Waals surface area contributed by atoms with Gasteiger partial charge >= 0.3 is 0 Å². The number of hydrogen-bond acceptors (Lipinski definition) is 5. The third kappa shape index (κ3) is 4.35. The molecule has 0 saturated heterocycles. The number of nitrogens with zero attached hydrogens (tertiary/aromatic N) is 1. The summed E-state index contributed by atoms with van der Waals surface area (Å²) in [4.78, 5) is 28.9. The van der Waals surface area contributed by atoms with Crippen LogP contribution >= 0.6 is 23.4 Å². The molecule has 3 aromatic carbocycles. The van der Waals surface area contributed by atoms with Crippen LogP contribution in [0, 0.1) is 12.7 Å². The van der Waals surface area contributed by atoms with E-state index >= 15 is 0 Å². The molecule has 32 heavy (non-hydrogen) atoms. The van der Waals surface area contributed by atoms with Crippen LogP contribution in [0.4, 0.5) is 15.8 Å². The van der Waals surface area contributed by atoms with E-state index in [9.17, 15) is 14.0 Å². The SMILES string of the molecule is COc1ccc(Cl)cc1N1C(=O)C(Nc2ccc(F)cc2)=C(Sc2ccc(C)cc2)C1=O. The largest absolute Gasteiger partial charge is 0.495 e. The molecule has 0 aromatic heterocycles. The second kappa shape index (κ2) is 9.06. The second-order valence-electron chi connectivity index (χ2n) is 7.01. The van der Waals surface area contributed by atoms with Crippen molar-refractivity contribution in [2.24, 2.45) is 0 Å². The van der Waals surface area contributed by atoms with E-state index in [4.69, 9.17) is 16.3 Å². The maximum absolute atomic E-state index is 13.4. The third-order valence-electron chi connectivity index (χ3n) is 4.78. The van der Waals surface area contributed by atoms with Crippen molar-refractivity contribution in [3.63, 3.8) is 0 Å². The van der Waals surface area contributed by atoms with Crippen molar-refractivity contribution in [2.75, 3.05) is 17.3 Å². The molecule has 0 bridgehead atoms. The quantitative estimate of drug-likeness (QED) is 0.464. The normalized spacial score (nSPS) is 13.7. The van der Waals surface area contributed by atoms with Gasteiger partial charge in [-0.05, 0) is 61.5 Å². The van der Waals surface area contributed by atoms with Gasteiger partial charge in [-0.15, -0.1) is 0 Å². The fourth-order valence-electron chi connectivity index (χ4n) is 3.17. The molecule has 4 rings (SSSR count). The van der Waals surface area contributed by atoms with Gasteiger partial charge in [-0.3, -0.25) is 9.59 Å². The van der Waals surface area contributed by atoms with Crippen LogP contribution in [0.2, 0.25) is 5.02 Å². The first-order valence-electron chi connectivity index (χ1n) is 9.61. The molecule has 3 aromatic rings. The van der Waals surface area contributed by atoms with Gasteiger partial charge < -0.3 is 10.1 Å². The van der Waals surface area contributed by atoms with Crippen molar-refractivity contribution in [1.29, 1.82) is 0 Å². The number of imide groups is 1. The summed E-state index contributed by atoms with van der Waals surface area (Å²) in [6.07, 6.45) is 0. The summed E-state index contributed by atoms with van der Waals surface area (Å²) in [7, 11) is 1.45. The van der Waals surface area contributed by atoms with Crippen molar-refractivity contribution >= 4 is 46.6 Å². The average Bonchev–Trinajstić information content (AvgIpc) is 3.00.